The molecule has 3 aromatic rings. The fourth-order valence-electron chi connectivity index (χ4n) is 4.89. The largest absolute Gasteiger partial charge is 0.481 e. The Morgan fingerprint density at radius 3 is 2.44 bits per heavy atom. The molecule has 0 fully saturated rings. The van der Waals surface area contributed by atoms with Gasteiger partial charge in [-0.05, 0) is 48.4 Å². The third kappa shape index (κ3) is 8.21. The first-order chi connectivity index (χ1) is 20.3. The highest BCUT2D eigenvalue weighted by Crippen LogP contribution is 2.40. The number of carboxylic acids is 1. The van der Waals surface area contributed by atoms with Gasteiger partial charge in [0.2, 0.25) is 17.7 Å². The lowest BCUT2D eigenvalue weighted by Gasteiger charge is -2.35. The van der Waals surface area contributed by atoms with E-state index in [1.54, 1.807) is 12.1 Å². The number of pyridine rings is 1. The highest BCUT2D eigenvalue weighted by Gasteiger charge is 2.31. The van der Waals surface area contributed by atoms with Gasteiger partial charge >= 0.3 is 5.97 Å². The predicted molar refractivity (Wildman–Crippen MR) is 169 cm³/mol. The highest BCUT2D eigenvalue weighted by molar-refractivity contribution is 5.98. The van der Waals surface area contributed by atoms with E-state index in [1.165, 1.54) is 0 Å². The van der Waals surface area contributed by atoms with Crippen molar-refractivity contribution in [2.45, 2.75) is 74.3 Å². The maximum atomic E-state index is 13.1. The number of hydrogen-bond acceptors (Lipinski definition) is 8. The van der Waals surface area contributed by atoms with Crippen molar-refractivity contribution in [3.05, 3.63) is 59.0 Å². The van der Waals surface area contributed by atoms with E-state index in [-0.39, 0.29) is 18.2 Å². The normalized spacial score (nSPS) is 14.9. The number of aliphatic carboxylic acids is 1. The quantitative estimate of drug-likeness (QED) is 0.346. The first kappa shape index (κ1) is 31.7. The Bertz CT molecular complexity index is 1440. The van der Waals surface area contributed by atoms with Crippen molar-refractivity contribution in [3.8, 4) is 5.88 Å². The van der Waals surface area contributed by atoms with Crippen molar-refractivity contribution in [1.29, 1.82) is 0 Å². The number of carbonyl (C=O) groups is 2. The molecule has 1 atom stereocenters. The summed E-state index contributed by atoms with van der Waals surface area (Å²) in [5.41, 5.74) is 6.75. The number of rotatable bonds is 7. The van der Waals surface area contributed by atoms with Crippen LogP contribution >= 0.6 is 0 Å². The van der Waals surface area contributed by atoms with Crippen molar-refractivity contribution in [2.75, 3.05) is 34.8 Å². The molecule has 0 radical (unpaired) electrons. The monoisotopic (exact) mass is 588 g/mol. The van der Waals surface area contributed by atoms with Crippen molar-refractivity contribution in [2.24, 2.45) is 11.3 Å². The second-order valence-electron chi connectivity index (χ2n) is 12.8. The van der Waals surface area contributed by atoms with Gasteiger partial charge in [0, 0.05) is 29.9 Å². The number of ether oxygens (including phenoxy) is 1. The number of nitrogens with zero attached hydrogens (tertiary/aromatic N) is 5. The molecule has 2 aliphatic rings. The van der Waals surface area contributed by atoms with E-state index in [4.69, 9.17) is 14.8 Å². The van der Waals surface area contributed by atoms with Crippen molar-refractivity contribution < 1.29 is 19.4 Å². The number of nitrogens with one attached hydrogen (secondary N) is 1. The lowest BCUT2D eigenvalue weighted by molar-refractivity contribution is -0.136. The van der Waals surface area contributed by atoms with Crippen LogP contribution in [0.2, 0.25) is 0 Å². The molecule has 1 aromatic carbocycles. The third-order valence-electron chi connectivity index (χ3n) is 7.22. The fraction of sp³-hybridized carbons (Fsp3) is 0.485. The van der Waals surface area contributed by atoms with Gasteiger partial charge in [-0.25, -0.2) is 15.0 Å². The Labute approximate surface area is 254 Å². The van der Waals surface area contributed by atoms with Crippen LogP contribution in [0, 0.1) is 18.3 Å². The minimum absolute atomic E-state index is 0.0158. The maximum absolute atomic E-state index is 13.1. The number of amides is 1. The molecule has 0 bridgehead atoms. The van der Waals surface area contributed by atoms with Crippen LogP contribution in [0.5, 0.6) is 5.88 Å². The van der Waals surface area contributed by atoms with Gasteiger partial charge in [-0.2, -0.15) is 0 Å². The highest BCUT2D eigenvalue weighted by atomic mass is 16.5. The molecule has 0 spiro atoms. The average molecular weight is 589 g/mol. The number of aromatic nitrogens is 3. The second kappa shape index (κ2) is 13.4. The molecule has 1 unspecified atom stereocenters. The first-order valence-corrected chi connectivity index (χ1v) is 14.9. The zero-order valence-corrected chi connectivity index (χ0v) is 26.4. The zero-order chi connectivity index (χ0) is 31.3. The van der Waals surface area contributed by atoms with Crippen LogP contribution in [-0.2, 0) is 29.0 Å². The average Bonchev–Trinajstić information content (AvgIpc) is 2.96. The number of fused-ring (bicyclic) bond motifs is 2. The van der Waals surface area contributed by atoms with Crippen molar-refractivity contribution in [3.63, 3.8) is 0 Å². The van der Waals surface area contributed by atoms with Crippen LogP contribution in [0.3, 0.4) is 0 Å². The minimum atomic E-state index is -0.861. The van der Waals surface area contributed by atoms with Gasteiger partial charge in [-0.1, -0.05) is 53.7 Å². The van der Waals surface area contributed by atoms with Crippen molar-refractivity contribution >= 4 is 34.9 Å². The molecular weight excluding hydrogens is 544 g/mol. The van der Waals surface area contributed by atoms with E-state index < -0.39 is 5.97 Å². The summed E-state index contributed by atoms with van der Waals surface area (Å²) in [6.45, 7) is 17.1. The summed E-state index contributed by atoms with van der Waals surface area (Å²) < 4.78 is 5.81. The summed E-state index contributed by atoms with van der Waals surface area (Å²) in [6, 6.07) is 7.21. The molecule has 0 saturated heterocycles. The van der Waals surface area contributed by atoms with Gasteiger partial charge < -0.3 is 25.0 Å². The standard InChI is InChI=1S/C28H32N6O4.C5H12/c1-4-17(2)27(37)34-11-12-38-26-25(34)18(3)23(15-29-26)33-10-9-20-14-30-28(32-22(20)16-33)31-21-7-5-19(6-8-21)13-24(35)36;1-5(2,3)4/h5-8,14-15,17H,4,9-13,16H2,1-3H3,(H,35,36)(H,30,31,32);1-4H3. The molecule has 2 aromatic heterocycles. The molecule has 43 heavy (non-hydrogen) atoms. The number of carboxylic acid groups (broad SMARTS) is 1. The molecule has 1 amide bonds. The van der Waals surface area contributed by atoms with Gasteiger partial charge in [0.05, 0.1) is 37.1 Å². The molecule has 2 aliphatic heterocycles. The molecular formula is C33H44N6O4. The fourth-order valence-corrected chi connectivity index (χ4v) is 4.89. The Morgan fingerprint density at radius 2 is 1.79 bits per heavy atom. The van der Waals surface area contributed by atoms with Gasteiger partial charge in [0.15, 0.2) is 0 Å². The summed E-state index contributed by atoms with van der Waals surface area (Å²) in [5, 5.41) is 12.2. The topological polar surface area (TPSA) is 121 Å². The lowest BCUT2D eigenvalue weighted by atomic mass is 10.0. The Hall–Kier alpha value is -4.21. The maximum Gasteiger partial charge on any atom is 0.307 e. The van der Waals surface area contributed by atoms with E-state index >= 15 is 0 Å². The van der Waals surface area contributed by atoms with Crippen LogP contribution in [0.15, 0.2) is 36.7 Å². The predicted octanol–water partition coefficient (Wildman–Crippen LogP) is 5.94. The van der Waals surface area contributed by atoms with Crippen LogP contribution in [0.1, 0.15) is 70.3 Å². The van der Waals surface area contributed by atoms with E-state index in [0.717, 1.165) is 58.8 Å². The molecule has 230 valence electrons. The van der Waals surface area contributed by atoms with E-state index in [0.29, 0.717) is 36.9 Å². The summed E-state index contributed by atoms with van der Waals surface area (Å²) in [6.07, 6.45) is 5.25. The molecule has 5 rings (SSSR count). The minimum Gasteiger partial charge on any atom is -0.481 e. The van der Waals surface area contributed by atoms with E-state index in [9.17, 15) is 9.59 Å². The van der Waals surface area contributed by atoms with Gasteiger partial charge in [0.25, 0.3) is 0 Å². The number of anilines is 4. The van der Waals surface area contributed by atoms with Gasteiger partial charge in [-0.3, -0.25) is 9.59 Å². The zero-order valence-electron chi connectivity index (χ0n) is 26.4. The summed E-state index contributed by atoms with van der Waals surface area (Å²) in [4.78, 5) is 42.0. The SMILES string of the molecule is CC(C)(C)C.CCC(C)C(=O)N1CCOc2ncc(N3CCc4cnc(Nc5ccc(CC(=O)O)cc5)nc4C3)c(C)c21. The molecule has 2 N–H and O–H groups in total. The molecule has 0 saturated carbocycles. The Morgan fingerprint density at radius 1 is 1.09 bits per heavy atom. The molecule has 0 aliphatic carbocycles. The van der Waals surface area contributed by atoms with E-state index in [2.05, 4.69) is 47.9 Å². The summed E-state index contributed by atoms with van der Waals surface area (Å²) in [5.74, 6) is 0.162. The van der Waals surface area contributed by atoms with Crippen LogP contribution in [0.4, 0.5) is 23.0 Å². The van der Waals surface area contributed by atoms with Crippen LogP contribution < -0.4 is 19.9 Å². The van der Waals surface area contributed by atoms with E-state index in [1.807, 2.05) is 50.2 Å². The number of hydrogen-bond donors (Lipinski definition) is 2. The molecule has 10 nitrogen and oxygen atoms in total. The van der Waals surface area contributed by atoms with Gasteiger partial charge in [-0.15, -0.1) is 0 Å². The lowest BCUT2D eigenvalue weighted by Crippen LogP contribution is -2.42. The first-order valence-electron chi connectivity index (χ1n) is 14.9. The third-order valence-corrected chi connectivity index (χ3v) is 7.22. The van der Waals surface area contributed by atoms with Crippen LogP contribution in [-0.4, -0.2) is 51.6 Å². The van der Waals surface area contributed by atoms with Crippen LogP contribution in [0.25, 0.3) is 0 Å². The smallest absolute Gasteiger partial charge is 0.307 e. The number of benzene rings is 1. The van der Waals surface area contributed by atoms with Gasteiger partial charge in [0.1, 0.15) is 12.3 Å². The number of carbonyl (C=O) groups excluding carboxylic acids is 1. The van der Waals surface area contributed by atoms with Crippen molar-refractivity contribution in [1.82, 2.24) is 15.0 Å². The summed E-state index contributed by atoms with van der Waals surface area (Å²) in [7, 11) is 0. The summed E-state index contributed by atoms with van der Waals surface area (Å²) >= 11 is 0. The second-order valence-corrected chi connectivity index (χ2v) is 12.8. The Kier molecular flexibility index (Phi) is 9.88. The Balaban J connectivity index is 0.000000782. The molecule has 10 heteroatoms. The molecule has 4 heterocycles.